The van der Waals surface area contributed by atoms with E-state index in [1.807, 2.05) is 36.1 Å². The Bertz CT molecular complexity index is 1370. The van der Waals surface area contributed by atoms with Crippen molar-refractivity contribution in [2.75, 3.05) is 31.2 Å². The van der Waals surface area contributed by atoms with Gasteiger partial charge in [-0.05, 0) is 37.1 Å². The lowest BCUT2D eigenvalue weighted by atomic mass is 9.78. The second-order valence-electron chi connectivity index (χ2n) is 9.70. The molecule has 2 aromatic heterocycles. The van der Waals surface area contributed by atoms with Crippen molar-refractivity contribution in [3.05, 3.63) is 63.2 Å². The number of nitriles is 1. The molecule has 1 N–H and O–H groups in total. The molecule has 5 rings (SSSR count). The lowest BCUT2D eigenvalue weighted by molar-refractivity contribution is -0.00662. The van der Waals surface area contributed by atoms with Gasteiger partial charge in [-0.2, -0.15) is 5.26 Å². The molecule has 8 nitrogen and oxygen atoms in total. The first-order chi connectivity index (χ1) is 17.3. The average Bonchev–Trinajstić information content (AvgIpc) is 3.40. The quantitative estimate of drug-likeness (QED) is 0.560. The minimum atomic E-state index is -0.954. The maximum absolute atomic E-state index is 13.2. The molecule has 2 aliphatic rings. The van der Waals surface area contributed by atoms with Gasteiger partial charge in [-0.15, -0.1) is 0 Å². The third-order valence-electron chi connectivity index (χ3n) is 7.59. The Morgan fingerprint density at radius 1 is 1.31 bits per heavy atom. The second-order valence-corrected chi connectivity index (χ2v) is 10.1. The van der Waals surface area contributed by atoms with E-state index in [0.717, 1.165) is 17.5 Å². The van der Waals surface area contributed by atoms with E-state index in [1.165, 1.54) is 4.57 Å². The van der Waals surface area contributed by atoms with E-state index >= 15 is 0 Å². The number of hydrogen-bond acceptors (Lipinski definition) is 7. The van der Waals surface area contributed by atoms with Gasteiger partial charge < -0.3 is 24.0 Å². The van der Waals surface area contributed by atoms with E-state index in [2.05, 4.69) is 11.1 Å². The standard InChI is InChI=1S/C27H29ClN4O4/c1-17(23-6-3-18(28)15-30-23)27(34)8-10-32(11-9-27)25-21-5-4-19(36-20-7-12-35-16-20)13-24(21)31(2)26(33)22(25)14-29/h3-6,13,15,17,20,34H,7-12,16H2,1-2H3/t17-,20?/m1/s1. The maximum atomic E-state index is 13.2. The van der Waals surface area contributed by atoms with Gasteiger partial charge in [0.25, 0.3) is 5.56 Å². The Kier molecular flexibility index (Phi) is 6.64. The summed E-state index contributed by atoms with van der Waals surface area (Å²) in [6.45, 7) is 4.21. The van der Waals surface area contributed by atoms with Crippen LogP contribution in [0.1, 0.15) is 43.4 Å². The number of aromatic nitrogens is 2. The Morgan fingerprint density at radius 2 is 2.08 bits per heavy atom. The summed E-state index contributed by atoms with van der Waals surface area (Å²) in [6.07, 6.45) is 3.37. The summed E-state index contributed by atoms with van der Waals surface area (Å²) in [5.74, 6) is 0.480. The highest BCUT2D eigenvalue weighted by atomic mass is 35.5. The van der Waals surface area contributed by atoms with Crippen LogP contribution in [0, 0.1) is 11.3 Å². The van der Waals surface area contributed by atoms with E-state index < -0.39 is 5.60 Å². The first-order valence-corrected chi connectivity index (χ1v) is 12.6. The van der Waals surface area contributed by atoms with Crippen LogP contribution >= 0.6 is 11.6 Å². The molecule has 36 heavy (non-hydrogen) atoms. The highest BCUT2D eigenvalue weighted by Gasteiger charge is 2.39. The first kappa shape index (κ1) is 24.6. The van der Waals surface area contributed by atoms with Gasteiger partial charge in [-0.3, -0.25) is 9.78 Å². The lowest BCUT2D eigenvalue weighted by Gasteiger charge is -2.43. The summed E-state index contributed by atoms with van der Waals surface area (Å²) in [4.78, 5) is 19.6. The van der Waals surface area contributed by atoms with Crippen molar-refractivity contribution in [2.24, 2.45) is 7.05 Å². The van der Waals surface area contributed by atoms with Crippen LogP contribution in [0.3, 0.4) is 0 Å². The number of anilines is 1. The minimum Gasteiger partial charge on any atom is -0.488 e. The summed E-state index contributed by atoms with van der Waals surface area (Å²) in [6, 6.07) is 11.4. The van der Waals surface area contributed by atoms with Crippen molar-refractivity contribution in [3.63, 3.8) is 0 Å². The Morgan fingerprint density at radius 3 is 2.72 bits per heavy atom. The summed E-state index contributed by atoms with van der Waals surface area (Å²) in [7, 11) is 1.67. The third kappa shape index (κ3) is 4.43. The first-order valence-electron chi connectivity index (χ1n) is 12.2. The lowest BCUT2D eigenvalue weighted by Crippen LogP contribution is -2.48. The van der Waals surface area contributed by atoms with E-state index in [-0.39, 0.29) is 23.1 Å². The van der Waals surface area contributed by atoms with Crippen LogP contribution in [0.4, 0.5) is 5.69 Å². The van der Waals surface area contributed by atoms with Crippen molar-refractivity contribution in [1.82, 2.24) is 9.55 Å². The molecule has 0 amide bonds. The molecule has 2 aliphatic heterocycles. The molecule has 0 aliphatic carbocycles. The summed E-state index contributed by atoms with van der Waals surface area (Å²) in [5, 5.41) is 22.8. The van der Waals surface area contributed by atoms with Crippen molar-refractivity contribution in [3.8, 4) is 11.8 Å². The molecule has 1 unspecified atom stereocenters. The van der Waals surface area contributed by atoms with Crippen LogP contribution in [0.5, 0.6) is 5.75 Å². The zero-order chi connectivity index (χ0) is 25.4. The second kappa shape index (κ2) is 9.74. The maximum Gasteiger partial charge on any atom is 0.270 e. The van der Waals surface area contributed by atoms with Gasteiger partial charge in [-0.25, -0.2) is 0 Å². The largest absolute Gasteiger partial charge is 0.488 e. The predicted octanol–water partition coefficient (Wildman–Crippen LogP) is 3.76. The molecule has 2 saturated heterocycles. The fraction of sp³-hybridized carbons (Fsp3) is 0.444. The molecule has 9 heteroatoms. The SMILES string of the molecule is C[C@H](c1ccc(Cl)cn1)C1(O)CCN(c2c(C#N)c(=O)n(C)c3cc(OC4CCOC4)ccc23)CC1. The molecule has 2 fully saturated rings. The number of halogens is 1. The van der Waals surface area contributed by atoms with Crippen molar-refractivity contribution in [1.29, 1.82) is 5.26 Å². The zero-order valence-electron chi connectivity index (χ0n) is 20.4. The molecule has 1 aromatic carbocycles. The molecular formula is C27H29ClN4O4. The highest BCUT2D eigenvalue weighted by molar-refractivity contribution is 6.30. The van der Waals surface area contributed by atoms with Gasteiger partial charge in [0.2, 0.25) is 0 Å². The molecule has 0 spiro atoms. The smallest absolute Gasteiger partial charge is 0.270 e. The van der Waals surface area contributed by atoms with E-state index in [0.29, 0.717) is 61.1 Å². The van der Waals surface area contributed by atoms with E-state index in [1.54, 1.807) is 19.3 Å². The van der Waals surface area contributed by atoms with Gasteiger partial charge in [0.15, 0.2) is 0 Å². The number of rotatable bonds is 5. The summed E-state index contributed by atoms with van der Waals surface area (Å²) < 4.78 is 13.0. The number of nitrogens with zero attached hydrogens (tertiary/aromatic N) is 4. The van der Waals surface area contributed by atoms with Crippen LogP contribution < -0.4 is 15.2 Å². The van der Waals surface area contributed by atoms with Crippen LogP contribution in [0.2, 0.25) is 5.02 Å². The monoisotopic (exact) mass is 508 g/mol. The Hall–Kier alpha value is -3.12. The minimum absolute atomic E-state index is 0.00535. The van der Waals surface area contributed by atoms with Crippen LogP contribution in [-0.4, -0.2) is 52.7 Å². The van der Waals surface area contributed by atoms with Crippen molar-refractivity contribution < 1.29 is 14.6 Å². The fourth-order valence-electron chi connectivity index (χ4n) is 5.27. The molecule has 188 valence electrons. The Balaban J connectivity index is 1.46. The van der Waals surface area contributed by atoms with Crippen LogP contribution in [0.15, 0.2) is 41.3 Å². The number of aryl methyl sites for hydroxylation is 1. The fourth-order valence-corrected chi connectivity index (χ4v) is 5.38. The summed E-state index contributed by atoms with van der Waals surface area (Å²) in [5.41, 5.74) is 0.911. The number of ether oxygens (including phenoxy) is 2. The molecule has 4 heterocycles. The molecule has 3 aromatic rings. The van der Waals surface area contributed by atoms with Gasteiger partial charge in [-0.1, -0.05) is 18.5 Å². The Labute approximate surface area is 214 Å². The number of aliphatic hydroxyl groups is 1. The van der Waals surface area contributed by atoms with Crippen LogP contribution in [-0.2, 0) is 11.8 Å². The van der Waals surface area contributed by atoms with E-state index in [4.69, 9.17) is 21.1 Å². The van der Waals surface area contributed by atoms with Gasteiger partial charge >= 0.3 is 0 Å². The van der Waals surface area contributed by atoms with E-state index in [9.17, 15) is 15.2 Å². The molecule has 0 bridgehead atoms. The van der Waals surface area contributed by atoms with Crippen LogP contribution in [0.25, 0.3) is 10.9 Å². The molecule has 0 saturated carbocycles. The zero-order valence-corrected chi connectivity index (χ0v) is 21.2. The molecule has 0 radical (unpaired) electrons. The van der Waals surface area contributed by atoms with Crippen molar-refractivity contribution >= 4 is 28.2 Å². The third-order valence-corrected chi connectivity index (χ3v) is 7.81. The predicted molar refractivity (Wildman–Crippen MR) is 138 cm³/mol. The van der Waals surface area contributed by atoms with Gasteiger partial charge in [0.05, 0.1) is 35.0 Å². The number of hydrogen-bond donors (Lipinski definition) is 1. The van der Waals surface area contributed by atoms with Gasteiger partial charge in [0, 0.05) is 55.8 Å². The topological polar surface area (TPSA) is 101 Å². The normalized spacial score (nSPS) is 20.3. The number of fused-ring (bicyclic) bond motifs is 1. The molecule has 2 atom stereocenters. The van der Waals surface area contributed by atoms with Crippen molar-refractivity contribution in [2.45, 2.75) is 43.8 Å². The highest BCUT2D eigenvalue weighted by Crippen LogP contribution is 2.39. The number of pyridine rings is 2. The molecular weight excluding hydrogens is 480 g/mol. The summed E-state index contributed by atoms with van der Waals surface area (Å²) >= 11 is 5.98. The van der Waals surface area contributed by atoms with Gasteiger partial charge in [0.1, 0.15) is 23.5 Å². The average molecular weight is 509 g/mol. The number of piperidine rings is 1. The number of benzene rings is 1.